The van der Waals surface area contributed by atoms with Crippen LogP contribution in [0.4, 0.5) is 0 Å². The number of benzene rings is 1. The lowest BCUT2D eigenvalue weighted by molar-refractivity contribution is -0.134. The summed E-state index contributed by atoms with van der Waals surface area (Å²) in [4.78, 5) is 32.2. The first-order chi connectivity index (χ1) is 12.7. The first-order valence-electron chi connectivity index (χ1n) is 9.41. The van der Waals surface area contributed by atoms with Crippen molar-refractivity contribution in [1.82, 2.24) is 20.0 Å². The molecule has 0 radical (unpaired) electrons. The van der Waals surface area contributed by atoms with Crippen LogP contribution in [0.1, 0.15) is 16.8 Å². The maximum atomic E-state index is 13.1. The second-order valence-corrected chi connectivity index (χ2v) is 8.17. The minimum absolute atomic E-state index is 0. The number of nitrogens with zero attached hydrogens (tertiary/aromatic N) is 3. The van der Waals surface area contributed by atoms with Crippen LogP contribution in [0.2, 0.25) is 0 Å². The summed E-state index contributed by atoms with van der Waals surface area (Å²) in [7, 11) is 0. The number of hydrogen-bond donors (Lipinski definition) is 1. The summed E-state index contributed by atoms with van der Waals surface area (Å²) in [5, 5.41) is 3.38. The van der Waals surface area contributed by atoms with Crippen molar-refractivity contribution in [3.05, 3.63) is 35.9 Å². The van der Waals surface area contributed by atoms with Gasteiger partial charge < -0.3 is 15.1 Å². The molecule has 4 rings (SSSR count). The second-order valence-electron chi connectivity index (χ2n) is 7.17. The third kappa shape index (κ3) is 4.42. The Labute approximate surface area is 171 Å². The number of amides is 2. The molecule has 27 heavy (non-hydrogen) atoms. The molecule has 1 aromatic rings. The normalized spacial score (nSPS) is 26.1. The molecule has 3 heterocycles. The quantitative estimate of drug-likeness (QED) is 0.809. The summed E-state index contributed by atoms with van der Waals surface area (Å²) in [5.74, 6) is 1.38. The van der Waals surface area contributed by atoms with Crippen LogP contribution in [0.15, 0.2) is 30.3 Å². The molecule has 148 valence electrons. The van der Waals surface area contributed by atoms with Gasteiger partial charge >= 0.3 is 0 Å². The molecule has 0 bridgehead atoms. The third-order valence-electron chi connectivity index (χ3n) is 5.59. The van der Waals surface area contributed by atoms with E-state index in [-0.39, 0.29) is 30.3 Å². The fraction of sp³-hybridized carbons (Fsp3) is 0.579. The highest BCUT2D eigenvalue weighted by Gasteiger charge is 2.40. The summed E-state index contributed by atoms with van der Waals surface area (Å²) in [6.07, 6.45) is 1.04. The minimum atomic E-state index is -0.325. The lowest BCUT2D eigenvalue weighted by atomic mass is 10.1. The average molecular weight is 411 g/mol. The van der Waals surface area contributed by atoms with Gasteiger partial charge in [-0.1, -0.05) is 18.2 Å². The lowest BCUT2D eigenvalue weighted by Gasteiger charge is -2.33. The number of nitrogens with one attached hydrogen (secondary N) is 1. The van der Waals surface area contributed by atoms with Gasteiger partial charge in [0, 0.05) is 56.6 Å². The van der Waals surface area contributed by atoms with Crippen LogP contribution >= 0.6 is 24.2 Å². The molecule has 1 N–H and O–H groups in total. The van der Waals surface area contributed by atoms with E-state index in [0.29, 0.717) is 23.2 Å². The fourth-order valence-corrected chi connectivity index (χ4v) is 5.24. The van der Waals surface area contributed by atoms with Gasteiger partial charge in [0.2, 0.25) is 5.91 Å². The molecule has 3 aliphatic heterocycles. The summed E-state index contributed by atoms with van der Waals surface area (Å²) in [5.41, 5.74) is 0.660. The highest BCUT2D eigenvalue weighted by Crippen LogP contribution is 2.26. The van der Waals surface area contributed by atoms with E-state index in [1.165, 1.54) is 0 Å². The SMILES string of the molecule is Cl.O=C(C1CSCN1C(=O)c1ccccc1)N1CCC(N2CCNCC2)C1. The Balaban J connectivity index is 0.00000210. The highest BCUT2D eigenvalue weighted by atomic mass is 35.5. The van der Waals surface area contributed by atoms with Gasteiger partial charge in [-0.25, -0.2) is 0 Å². The number of hydrogen-bond acceptors (Lipinski definition) is 5. The maximum absolute atomic E-state index is 13.1. The van der Waals surface area contributed by atoms with Crippen LogP contribution in [-0.2, 0) is 4.79 Å². The van der Waals surface area contributed by atoms with Crippen molar-refractivity contribution in [3.8, 4) is 0 Å². The molecule has 0 saturated carbocycles. The molecular weight excluding hydrogens is 384 g/mol. The first kappa shape index (κ1) is 20.5. The van der Waals surface area contributed by atoms with Crippen LogP contribution in [0.5, 0.6) is 0 Å². The topological polar surface area (TPSA) is 55.9 Å². The Morgan fingerprint density at radius 1 is 1.07 bits per heavy atom. The zero-order valence-corrected chi connectivity index (χ0v) is 17.0. The number of thioether (sulfide) groups is 1. The van der Waals surface area contributed by atoms with Crippen molar-refractivity contribution in [2.24, 2.45) is 0 Å². The molecular formula is C19H27ClN4O2S. The van der Waals surface area contributed by atoms with Crippen molar-refractivity contribution < 1.29 is 9.59 Å². The summed E-state index contributed by atoms with van der Waals surface area (Å²) >= 11 is 1.67. The van der Waals surface area contributed by atoms with E-state index < -0.39 is 0 Å². The summed E-state index contributed by atoms with van der Waals surface area (Å²) in [6, 6.07) is 9.42. The van der Waals surface area contributed by atoms with Crippen LogP contribution in [0.3, 0.4) is 0 Å². The number of piperazine rings is 1. The predicted molar refractivity (Wildman–Crippen MR) is 110 cm³/mol. The van der Waals surface area contributed by atoms with E-state index >= 15 is 0 Å². The standard InChI is InChI=1S/C19H26N4O2S.ClH/c24-18(15-4-2-1-3-5-15)23-14-26-13-17(23)19(25)22-9-6-16(12-22)21-10-7-20-8-11-21;/h1-5,16-17,20H,6-14H2;1H. The molecule has 0 aliphatic carbocycles. The smallest absolute Gasteiger partial charge is 0.255 e. The van der Waals surface area contributed by atoms with E-state index in [1.54, 1.807) is 16.7 Å². The van der Waals surface area contributed by atoms with E-state index in [0.717, 1.165) is 45.7 Å². The summed E-state index contributed by atoms with van der Waals surface area (Å²) < 4.78 is 0. The molecule has 2 amide bonds. The Hall–Kier alpha value is -1.28. The van der Waals surface area contributed by atoms with Gasteiger partial charge in [0.05, 0.1) is 5.88 Å². The number of carbonyl (C=O) groups is 2. The van der Waals surface area contributed by atoms with Gasteiger partial charge in [0.15, 0.2) is 0 Å². The third-order valence-corrected chi connectivity index (χ3v) is 6.60. The number of likely N-dealkylation sites (tertiary alicyclic amines) is 1. The Morgan fingerprint density at radius 3 is 2.56 bits per heavy atom. The number of carbonyl (C=O) groups excluding carboxylic acids is 2. The van der Waals surface area contributed by atoms with Crippen LogP contribution < -0.4 is 5.32 Å². The van der Waals surface area contributed by atoms with Gasteiger partial charge in [-0.2, -0.15) is 0 Å². The van der Waals surface area contributed by atoms with E-state index in [1.807, 2.05) is 35.2 Å². The Morgan fingerprint density at radius 2 is 1.81 bits per heavy atom. The van der Waals surface area contributed by atoms with Crippen molar-refractivity contribution >= 4 is 36.0 Å². The van der Waals surface area contributed by atoms with Crippen molar-refractivity contribution in [1.29, 1.82) is 0 Å². The first-order valence-corrected chi connectivity index (χ1v) is 10.6. The number of rotatable bonds is 3. The molecule has 3 aliphatic rings. The molecule has 3 fully saturated rings. The fourth-order valence-electron chi connectivity index (χ4n) is 4.09. The van der Waals surface area contributed by atoms with E-state index in [2.05, 4.69) is 10.2 Å². The molecule has 1 aromatic carbocycles. The van der Waals surface area contributed by atoms with Crippen LogP contribution in [0.25, 0.3) is 0 Å². The molecule has 0 aromatic heterocycles. The van der Waals surface area contributed by atoms with E-state index in [9.17, 15) is 9.59 Å². The average Bonchev–Trinajstić information content (AvgIpc) is 3.38. The molecule has 0 spiro atoms. The highest BCUT2D eigenvalue weighted by molar-refractivity contribution is 7.99. The molecule has 6 nitrogen and oxygen atoms in total. The van der Waals surface area contributed by atoms with Crippen molar-refractivity contribution in [3.63, 3.8) is 0 Å². The monoisotopic (exact) mass is 410 g/mol. The van der Waals surface area contributed by atoms with Crippen molar-refractivity contribution in [2.45, 2.75) is 18.5 Å². The van der Waals surface area contributed by atoms with E-state index in [4.69, 9.17) is 0 Å². The van der Waals surface area contributed by atoms with Gasteiger partial charge in [0.25, 0.3) is 5.91 Å². The largest absolute Gasteiger partial charge is 0.339 e. The van der Waals surface area contributed by atoms with Gasteiger partial charge in [-0.15, -0.1) is 24.2 Å². The van der Waals surface area contributed by atoms with Crippen molar-refractivity contribution in [2.75, 3.05) is 50.9 Å². The molecule has 3 saturated heterocycles. The molecule has 8 heteroatoms. The Kier molecular flexibility index (Phi) is 7.03. The van der Waals surface area contributed by atoms with Crippen LogP contribution in [-0.4, -0.2) is 89.5 Å². The lowest BCUT2D eigenvalue weighted by Crippen LogP contribution is -2.51. The Bertz CT molecular complexity index is 656. The predicted octanol–water partition coefficient (Wildman–Crippen LogP) is 1.13. The second kappa shape index (κ2) is 9.28. The zero-order chi connectivity index (χ0) is 17.9. The zero-order valence-electron chi connectivity index (χ0n) is 15.4. The minimum Gasteiger partial charge on any atom is -0.339 e. The molecule has 2 atom stereocenters. The maximum Gasteiger partial charge on any atom is 0.255 e. The van der Waals surface area contributed by atoms with Gasteiger partial charge in [-0.3, -0.25) is 14.5 Å². The van der Waals surface area contributed by atoms with Gasteiger partial charge in [-0.05, 0) is 18.6 Å². The van der Waals surface area contributed by atoms with Gasteiger partial charge in [0.1, 0.15) is 6.04 Å². The summed E-state index contributed by atoms with van der Waals surface area (Å²) in [6.45, 7) is 5.79. The molecule has 2 unspecified atom stereocenters. The van der Waals surface area contributed by atoms with Crippen LogP contribution in [0, 0.1) is 0 Å². The number of halogens is 1.